The third-order valence-corrected chi connectivity index (χ3v) is 4.02. The van der Waals surface area contributed by atoms with Crippen molar-refractivity contribution < 1.29 is 0 Å². The zero-order valence-electron chi connectivity index (χ0n) is 13.6. The van der Waals surface area contributed by atoms with Gasteiger partial charge in [0.25, 0.3) is 0 Å². The highest BCUT2D eigenvalue weighted by Gasteiger charge is 1.99. The highest BCUT2D eigenvalue weighted by molar-refractivity contribution is 5.32. The zero-order chi connectivity index (χ0) is 14.5. The SMILES string of the molecule is CC=C1C=CN(CCCCCCCCCCCC)C=C1. The van der Waals surface area contributed by atoms with Crippen LogP contribution in [0.4, 0.5) is 0 Å². The summed E-state index contributed by atoms with van der Waals surface area (Å²) >= 11 is 0. The Kier molecular flexibility index (Phi) is 10.1. The van der Waals surface area contributed by atoms with Crippen LogP contribution >= 0.6 is 0 Å². The van der Waals surface area contributed by atoms with Crippen LogP contribution in [0.15, 0.2) is 36.2 Å². The van der Waals surface area contributed by atoms with E-state index in [0.29, 0.717) is 0 Å². The van der Waals surface area contributed by atoms with Gasteiger partial charge in [-0.2, -0.15) is 0 Å². The third-order valence-electron chi connectivity index (χ3n) is 4.02. The number of allylic oxidation sites excluding steroid dienone is 4. The zero-order valence-corrected chi connectivity index (χ0v) is 13.6. The topological polar surface area (TPSA) is 3.24 Å². The van der Waals surface area contributed by atoms with Gasteiger partial charge >= 0.3 is 0 Å². The molecule has 0 fully saturated rings. The Balaban J connectivity index is 1.87. The molecule has 1 aliphatic rings. The molecule has 0 aliphatic carbocycles. The van der Waals surface area contributed by atoms with E-state index in [1.165, 1.54) is 76.3 Å². The fourth-order valence-electron chi connectivity index (χ4n) is 2.59. The molecule has 1 heteroatoms. The molecule has 0 aromatic heterocycles. The van der Waals surface area contributed by atoms with Gasteiger partial charge in [-0.25, -0.2) is 0 Å². The summed E-state index contributed by atoms with van der Waals surface area (Å²) in [5.41, 5.74) is 1.31. The van der Waals surface area contributed by atoms with Crippen molar-refractivity contribution in [3.63, 3.8) is 0 Å². The Morgan fingerprint density at radius 3 is 1.80 bits per heavy atom. The third kappa shape index (κ3) is 8.24. The summed E-state index contributed by atoms with van der Waals surface area (Å²) in [5.74, 6) is 0. The van der Waals surface area contributed by atoms with Gasteiger partial charge in [0.15, 0.2) is 0 Å². The van der Waals surface area contributed by atoms with Gasteiger partial charge < -0.3 is 4.90 Å². The van der Waals surface area contributed by atoms with Crippen molar-refractivity contribution in [2.45, 2.75) is 78.1 Å². The Labute approximate surface area is 126 Å². The summed E-state index contributed by atoms with van der Waals surface area (Å²) in [6.07, 6.45) is 25.0. The van der Waals surface area contributed by atoms with Gasteiger partial charge in [-0.05, 0) is 31.1 Å². The molecule has 0 atom stereocenters. The van der Waals surface area contributed by atoms with Crippen molar-refractivity contribution in [1.29, 1.82) is 0 Å². The van der Waals surface area contributed by atoms with Gasteiger partial charge in [-0.1, -0.05) is 70.8 Å². The maximum atomic E-state index is 2.30. The minimum Gasteiger partial charge on any atom is -0.354 e. The van der Waals surface area contributed by atoms with Crippen LogP contribution in [0, 0.1) is 0 Å². The normalized spacial score (nSPS) is 14.1. The predicted molar refractivity (Wildman–Crippen MR) is 90.6 cm³/mol. The highest BCUT2D eigenvalue weighted by atomic mass is 15.1. The lowest BCUT2D eigenvalue weighted by Crippen LogP contribution is -2.13. The molecular weight excluding hydrogens is 242 g/mol. The van der Waals surface area contributed by atoms with Crippen molar-refractivity contribution in [2.75, 3.05) is 6.54 Å². The highest BCUT2D eigenvalue weighted by Crippen LogP contribution is 2.13. The molecule has 0 amide bonds. The van der Waals surface area contributed by atoms with Crippen LogP contribution in [0.5, 0.6) is 0 Å². The van der Waals surface area contributed by atoms with Crippen LogP contribution in [0.1, 0.15) is 78.1 Å². The van der Waals surface area contributed by atoms with E-state index in [9.17, 15) is 0 Å². The molecule has 0 bridgehead atoms. The van der Waals surface area contributed by atoms with Gasteiger partial charge in [0.1, 0.15) is 0 Å². The van der Waals surface area contributed by atoms with Gasteiger partial charge in [0.2, 0.25) is 0 Å². The second kappa shape index (κ2) is 11.8. The van der Waals surface area contributed by atoms with Crippen molar-refractivity contribution in [1.82, 2.24) is 4.90 Å². The molecular formula is C19H33N. The summed E-state index contributed by atoms with van der Waals surface area (Å²) < 4.78 is 0. The summed E-state index contributed by atoms with van der Waals surface area (Å²) in [4.78, 5) is 2.30. The van der Waals surface area contributed by atoms with Gasteiger partial charge in [-0.15, -0.1) is 0 Å². The lowest BCUT2D eigenvalue weighted by Gasteiger charge is -2.18. The molecule has 1 nitrogen and oxygen atoms in total. The largest absolute Gasteiger partial charge is 0.354 e. The monoisotopic (exact) mass is 275 g/mol. The summed E-state index contributed by atoms with van der Waals surface area (Å²) in [6.45, 7) is 5.54. The number of nitrogens with zero attached hydrogens (tertiary/aromatic N) is 1. The van der Waals surface area contributed by atoms with Crippen LogP contribution in [-0.2, 0) is 0 Å². The van der Waals surface area contributed by atoms with Gasteiger partial charge in [0, 0.05) is 18.9 Å². The smallest absolute Gasteiger partial charge is 0.0219 e. The van der Waals surface area contributed by atoms with Gasteiger partial charge in [-0.3, -0.25) is 0 Å². The molecule has 0 spiro atoms. The molecule has 20 heavy (non-hydrogen) atoms. The first-order chi connectivity index (χ1) is 9.86. The molecule has 0 saturated carbocycles. The minimum absolute atomic E-state index is 1.17. The lowest BCUT2D eigenvalue weighted by molar-refractivity contribution is 0.461. The second-order valence-corrected chi connectivity index (χ2v) is 5.84. The van der Waals surface area contributed by atoms with E-state index in [2.05, 4.69) is 49.4 Å². The lowest BCUT2D eigenvalue weighted by atomic mass is 10.1. The van der Waals surface area contributed by atoms with Crippen LogP contribution < -0.4 is 0 Å². The Morgan fingerprint density at radius 2 is 1.30 bits per heavy atom. The number of hydrogen-bond donors (Lipinski definition) is 0. The number of hydrogen-bond acceptors (Lipinski definition) is 1. The Morgan fingerprint density at radius 1 is 0.800 bits per heavy atom. The molecule has 0 radical (unpaired) electrons. The first-order valence-corrected chi connectivity index (χ1v) is 8.65. The van der Waals surface area contributed by atoms with Crippen LogP contribution in [0.2, 0.25) is 0 Å². The van der Waals surface area contributed by atoms with E-state index < -0.39 is 0 Å². The van der Waals surface area contributed by atoms with E-state index in [1.807, 2.05) is 0 Å². The summed E-state index contributed by atoms with van der Waals surface area (Å²) in [7, 11) is 0. The quantitative estimate of drug-likeness (QED) is 0.406. The molecule has 1 heterocycles. The molecule has 0 unspecified atom stereocenters. The Bertz CT molecular complexity index is 296. The van der Waals surface area contributed by atoms with E-state index in [-0.39, 0.29) is 0 Å². The maximum Gasteiger partial charge on any atom is 0.0219 e. The van der Waals surface area contributed by atoms with Gasteiger partial charge in [0.05, 0.1) is 0 Å². The first kappa shape index (κ1) is 17.1. The molecule has 0 N–H and O–H groups in total. The fourth-order valence-corrected chi connectivity index (χ4v) is 2.59. The van der Waals surface area contributed by atoms with Crippen molar-refractivity contribution >= 4 is 0 Å². The van der Waals surface area contributed by atoms with E-state index in [4.69, 9.17) is 0 Å². The standard InChI is InChI=1S/C19H33N/c1-3-5-6-7-8-9-10-11-12-13-16-20-17-14-19(4-2)15-18-20/h4,14-15,17-18H,3,5-13,16H2,1-2H3. The van der Waals surface area contributed by atoms with Crippen molar-refractivity contribution in [2.24, 2.45) is 0 Å². The first-order valence-electron chi connectivity index (χ1n) is 8.65. The van der Waals surface area contributed by atoms with Crippen LogP contribution in [-0.4, -0.2) is 11.4 Å². The second-order valence-electron chi connectivity index (χ2n) is 5.84. The van der Waals surface area contributed by atoms with E-state index >= 15 is 0 Å². The van der Waals surface area contributed by atoms with E-state index in [1.54, 1.807) is 0 Å². The Hall–Kier alpha value is -0.980. The summed E-state index contributed by atoms with van der Waals surface area (Å²) in [6, 6.07) is 0. The van der Waals surface area contributed by atoms with Crippen molar-refractivity contribution in [3.8, 4) is 0 Å². The molecule has 114 valence electrons. The fraction of sp³-hybridized carbons (Fsp3) is 0.684. The average Bonchev–Trinajstić information content (AvgIpc) is 2.50. The van der Waals surface area contributed by atoms with Crippen molar-refractivity contribution in [3.05, 3.63) is 36.2 Å². The molecule has 1 aliphatic heterocycles. The molecule has 0 aromatic rings. The van der Waals surface area contributed by atoms with E-state index in [0.717, 1.165) is 0 Å². The average molecular weight is 275 g/mol. The summed E-state index contributed by atoms with van der Waals surface area (Å²) in [5, 5.41) is 0. The van der Waals surface area contributed by atoms with Crippen LogP contribution in [0.3, 0.4) is 0 Å². The molecule has 1 rings (SSSR count). The maximum absolute atomic E-state index is 2.30. The molecule has 0 aromatic carbocycles. The minimum atomic E-state index is 1.17. The number of rotatable bonds is 11. The molecule has 0 saturated heterocycles. The van der Waals surface area contributed by atoms with Crippen LogP contribution in [0.25, 0.3) is 0 Å². The number of unbranched alkanes of at least 4 members (excludes halogenated alkanes) is 9. The predicted octanol–water partition coefficient (Wildman–Crippen LogP) is 6.20.